The Morgan fingerprint density at radius 1 is 0.234 bits per heavy atom. The van der Waals surface area contributed by atoms with Gasteiger partial charge < -0.3 is 9.97 Å². The predicted octanol–water partition coefficient (Wildman–Crippen LogP) is 38.7. The van der Waals surface area contributed by atoms with Crippen molar-refractivity contribution < 1.29 is 40.2 Å². The number of aromatic nitrogens is 2. The number of aryl methyl sites for hydroxylation is 11. The fraction of sp³-hybridized carbons (Fsp3) is 0.358. The normalized spacial score (nSPS) is 13.1. The van der Waals surface area contributed by atoms with E-state index in [9.17, 15) is 0 Å². The topological polar surface area (TPSA) is 25.8 Å². The largest absolute Gasteiger partial charge is 0.304 e. The fourth-order valence-electron chi connectivity index (χ4n) is 22.6. The molecule has 2 aromatic heterocycles. The van der Waals surface area contributed by atoms with Crippen LogP contribution in [0, 0.1) is 53.7 Å². The van der Waals surface area contributed by atoms with E-state index in [1.165, 1.54) is 356 Å². The predicted molar refractivity (Wildman–Crippen MR) is 598 cm³/mol. The Hall–Kier alpha value is -10.5. The van der Waals surface area contributed by atoms with Crippen LogP contribution < -0.4 is 0 Å². The van der Waals surface area contributed by atoms with Crippen molar-refractivity contribution in [3.63, 3.8) is 0 Å². The van der Waals surface area contributed by atoms with E-state index in [4.69, 9.17) is 9.97 Å². The Morgan fingerprint density at radius 3 is 0.957 bits per heavy atom. The monoisotopic (exact) mass is 2210 g/mol. The van der Waals surface area contributed by atoms with Crippen molar-refractivity contribution in [1.82, 2.24) is 9.97 Å². The number of hydrogen-bond acceptors (Lipinski definition) is 2. The summed E-state index contributed by atoms with van der Waals surface area (Å²) in [6.07, 6.45) is 45.3. The van der Waals surface area contributed by atoms with Crippen LogP contribution in [0.4, 0.5) is 0 Å². The number of nitrogens with zero attached hydrogens (tertiary/aromatic N) is 2. The molecule has 2 radical (unpaired) electrons. The molecule has 141 heavy (non-hydrogen) atoms. The van der Waals surface area contributed by atoms with Crippen LogP contribution in [-0.2, 0) is 96.0 Å². The van der Waals surface area contributed by atoms with Gasteiger partial charge in [0.1, 0.15) is 0 Å². The summed E-state index contributed by atoms with van der Waals surface area (Å²) in [4.78, 5) is 10.5. The van der Waals surface area contributed by atoms with Gasteiger partial charge in [0.15, 0.2) is 0 Å². The molecule has 13 aromatic carbocycles. The third-order valence-corrected chi connectivity index (χ3v) is 30.9. The number of unbranched alkanes of at least 4 members (excludes halogenated alkanes) is 19. The van der Waals surface area contributed by atoms with Crippen LogP contribution in [0.2, 0.25) is 0 Å². The smallest absolute Gasteiger partial charge is 0.0538 e. The molecule has 2 heterocycles. The van der Waals surface area contributed by atoms with Gasteiger partial charge in [-0.1, -0.05) is 410 Å². The molecule has 0 bridgehead atoms. The fourth-order valence-corrected chi connectivity index (χ4v) is 22.6. The Morgan fingerprint density at radius 2 is 0.560 bits per heavy atom. The zero-order valence-electron chi connectivity index (χ0n) is 87.5. The van der Waals surface area contributed by atoms with Crippen LogP contribution in [-0.4, -0.2) is 9.97 Å². The molecular formula is C137H154Ir2N2-2. The Bertz CT molecular complexity index is 6320. The third kappa shape index (κ3) is 25.1. The van der Waals surface area contributed by atoms with Gasteiger partial charge in [-0.25, -0.2) is 0 Å². The van der Waals surface area contributed by atoms with Crippen LogP contribution in [0.1, 0.15) is 334 Å². The summed E-state index contributed by atoms with van der Waals surface area (Å²) in [5.74, 6) is 0. The molecule has 0 fully saturated rings. The summed E-state index contributed by atoms with van der Waals surface area (Å²) in [5.41, 5.74) is 50.8. The maximum absolute atomic E-state index is 5.28. The maximum atomic E-state index is 5.28. The first-order valence-corrected chi connectivity index (χ1v) is 54.2. The van der Waals surface area contributed by atoms with Crippen molar-refractivity contribution in [1.29, 1.82) is 0 Å². The van der Waals surface area contributed by atoms with Gasteiger partial charge in [0.25, 0.3) is 0 Å². The standard InChI is InChI=1S/C71H86N.C66H68N.2Ir/c1-10-14-18-22-28-54-42-55(29-23-19-15-11-2)44-63(43-54)71(9)68-33-27-26-32-66(68)67-36-34-56(48-69(67)71)70-37-35-57(49-72-70)60-45-61(58-38-50(5)64(51(6)39-58)30-24-20-16-12-3)47-62(46-60)59-40-52(7)65(53(8)41-59)31-25-21-17-13-4;1-6-9-12-14-17-49-23-28-52(29-24-49)56-42-57(53-30-25-50(26-31-53)18-15-13-10-7-2)44-58(43-56)55-33-40-65(67-46-55)54-32-39-62-61-38-27-51(16-11-8-3)41-63(61)66(64(62)45-54,59-34-19-47(4)20-35-59)60-36-21-48(5)22-37-60;;/h26-27,32-33,35-49H,10-25,28-31H2,1-9H3;19-31,33-46H,6-18H2,1-5H3;;/q2*-1;;. The number of fused-ring (bicyclic) bond motifs is 6. The quantitative estimate of drug-likeness (QED) is 0.0281. The van der Waals surface area contributed by atoms with Gasteiger partial charge in [0.2, 0.25) is 0 Å². The molecule has 0 saturated carbocycles. The summed E-state index contributed by atoms with van der Waals surface area (Å²) in [6, 6.07) is 111. The van der Waals surface area contributed by atoms with Crippen LogP contribution in [0.5, 0.6) is 0 Å². The molecule has 15 aromatic rings. The van der Waals surface area contributed by atoms with Crippen molar-refractivity contribution in [2.24, 2.45) is 0 Å². The molecule has 1 unspecified atom stereocenters. The molecule has 2 aliphatic rings. The molecule has 0 spiro atoms. The second kappa shape index (κ2) is 51.1. The van der Waals surface area contributed by atoms with Crippen molar-refractivity contribution in [3.8, 4) is 112 Å². The molecule has 0 aliphatic heterocycles. The SMILES string of the molecule is CCCCCCc1cc(CCCCCC)cc(C2(C)c3ccccc3-c3c[c-]c(-c4ccc(-c5cc(-c6cc(C)c(CCCCCC)c(C)c6)cc(-c6cc(C)c(CCCCCC)c(C)c6)c5)cn4)cc32)c1.CCCCCCc1ccc(-c2cc(-c3ccc(CCCCCC)cc3)cc(-c3ccc(-c4[c-]cc5c(c4)C(c4ccc(C)cc4)(c4ccc(C)cc4)c4cc(CCCC)ccc4-5)nc3)c2)cc1.[Ir].[Ir]. The van der Waals surface area contributed by atoms with E-state index in [0.717, 1.165) is 78.6 Å². The van der Waals surface area contributed by atoms with Gasteiger partial charge >= 0.3 is 0 Å². The first kappa shape index (κ1) is 106. The third-order valence-electron chi connectivity index (χ3n) is 30.9. The average Bonchev–Trinajstić information content (AvgIpc) is 1.54. The van der Waals surface area contributed by atoms with E-state index in [2.05, 4.69) is 388 Å². The number of benzene rings is 13. The Labute approximate surface area is 877 Å². The van der Waals surface area contributed by atoms with Crippen molar-refractivity contribution in [3.05, 3.63) is 403 Å². The van der Waals surface area contributed by atoms with E-state index < -0.39 is 5.41 Å². The molecular weight excluding hydrogens is 2060 g/mol. The summed E-state index contributed by atoms with van der Waals surface area (Å²) in [5, 5.41) is 0. The maximum Gasteiger partial charge on any atom is 0.0538 e. The molecule has 1 atom stereocenters. The number of rotatable bonds is 44. The van der Waals surface area contributed by atoms with Gasteiger partial charge in [-0.3, -0.25) is 0 Å². The zero-order chi connectivity index (χ0) is 96.8. The Kier molecular flexibility index (Phi) is 38.5. The summed E-state index contributed by atoms with van der Waals surface area (Å²) in [6.45, 7) is 32.2. The van der Waals surface area contributed by atoms with Crippen molar-refractivity contribution >= 4 is 0 Å². The first-order chi connectivity index (χ1) is 67.9. The summed E-state index contributed by atoms with van der Waals surface area (Å²) >= 11 is 0. The van der Waals surface area contributed by atoms with E-state index in [1.54, 1.807) is 0 Å². The zero-order valence-corrected chi connectivity index (χ0v) is 92.2. The Balaban J connectivity index is 0.000000222. The van der Waals surface area contributed by atoms with Crippen molar-refractivity contribution in [2.75, 3.05) is 0 Å². The molecule has 4 heteroatoms. The van der Waals surface area contributed by atoms with Crippen LogP contribution >= 0.6 is 0 Å². The molecule has 2 nitrogen and oxygen atoms in total. The van der Waals surface area contributed by atoms with E-state index in [0.29, 0.717) is 0 Å². The minimum Gasteiger partial charge on any atom is -0.304 e. The average molecular weight is 2210 g/mol. The molecule has 17 rings (SSSR count). The van der Waals surface area contributed by atoms with E-state index >= 15 is 0 Å². The second-order valence-corrected chi connectivity index (χ2v) is 41.4. The minimum atomic E-state index is -0.491. The van der Waals surface area contributed by atoms with Crippen molar-refractivity contribution in [2.45, 2.75) is 320 Å². The molecule has 732 valence electrons. The van der Waals surface area contributed by atoms with Crippen LogP contribution in [0.3, 0.4) is 0 Å². The van der Waals surface area contributed by atoms with Gasteiger partial charge in [0, 0.05) is 58.0 Å². The van der Waals surface area contributed by atoms with E-state index in [-0.39, 0.29) is 45.6 Å². The molecule has 0 N–H and O–H groups in total. The van der Waals surface area contributed by atoms with Gasteiger partial charge in [-0.15, -0.1) is 58.7 Å². The molecule has 0 saturated heterocycles. The number of pyridine rings is 2. The van der Waals surface area contributed by atoms with Crippen LogP contribution in [0.25, 0.3) is 112 Å². The first-order valence-electron chi connectivity index (χ1n) is 54.2. The van der Waals surface area contributed by atoms with Gasteiger partial charge in [0.05, 0.1) is 5.41 Å². The molecule has 2 aliphatic carbocycles. The minimum absolute atomic E-state index is 0. The number of hydrogen-bond donors (Lipinski definition) is 0. The van der Waals surface area contributed by atoms with Gasteiger partial charge in [-0.05, 0) is 342 Å². The summed E-state index contributed by atoms with van der Waals surface area (Å²) in [7, 11) is 0. The van der Waals surface area contributed by atoms with Gasteiger partial charge in [-0.2, -0.15) is 0 Å². The second-order valence-electron chi connectivity index (χ2n) is 41.4. The van der Waals surface area contributed by atoms with Crippen LogP contribution in [0.15, 0.2) is 279 Å². The summed E-state index contributed by atoms with van der Waals surface area (Å²) < 4.78 is 0. The van der Waals surface area contributed by atoms with E-state index in [1.807, 2.05) is 0 Å². The molecule has 0 amide bonds.